The Balaban J connectivity index is 1.61. The first-order chi connectivity index (χ1) is 18.9. The molecule has 40 heavy (non-hydrogen) atoms. The molecule has 0 radical (unpaired) electrons. The third-order valence-electron chi connectivity index (χ3n) is 7.95. The lowest BCUT2D eigenvalue weighted by Gasteiger charge is -2.40. The number of aryl methyl sites for hydroxylation is 1. The minimum atomic E-state index is -1.15. The van der Waals surface area contributed by atoms with Crippen molar-refractivity contribution in [1.29, 1.82) is 0 Å². The first-order valence-corrected chi connectivity index (χ1v) is 14.8. The van der Waals surface area contributed by atoms with Crippen molar-refractivity contribution in [2.75, 3.05) is 31.2 Å². The van der Waals surface area contributed by atoms with Gasteiger partial charge in [-0.25, -0.2) is 4.79 Å². The van der Waals surface area contributed by atoms with Crippen LogP contribution in [0.25, 0.3) is 11.3 Å². The number of hydrogen-bond acceptors (Lipinski definition) is 7. The third-order valence-corrected chi connectivity index (χ3v) is 7.95. The van der Waals surface area contributed by atoms with Crippen LogP contribution < -0.4 is 9.64 Å². The Bertz CT molecular complexity index is 1130. The molecule has 1 saturated heterocycles. The SMILES string of the molecule is Cc1ncc(-c2ccc(OCCOC3CCCCC3)cn2)c(N2CCC(C)(C)CC2)c1[C@H](OC(C)(C)C)C(=O)O. The smallest absolute Gasteiger partial charge is 0.337 e. The summed E-state index contributed by atoms with van der Waals surface area (Å²) in [6, 6.07) is 3.83. The molecular weight excluding hydrogens is 506 g/mol. The number of carbonyl (C=O) groups is 1. The molecule has 2 fully saturated rings. The van der Waals surface area contributed by atoms with E-state index in [1.807, 2.05) is 46.0 Å². The second kappa shape index (κ2) is 12.9. The zero-order valence-electron chi connectivity index (χ0n) is 25.2. The van der Waals surface area contributed by atoms with Crippen LogP contribution in [0.2, 0.25) is 0 Å². The van der Waals surface area contributed by atoms with Gasteiger partial charge in [-0.2, -0.15) is 0 Å². The Morgan fingerprint density at radius 3 is 2.38 bits per heavy atom. The topological polar surface area (TPSA) is 94.0 Å². The standard InChI is InChI=1S/C32H47N3O5/c1-22-27(29(30(36)37)40-31(2,3)4)28(35-16-14-32(5,6)15-17-35)25(21-33-22)26-13-12-24(20-34-26)39-19-18-38-23-10-8-7-9-11-23/h12-13,20-21,23,29H,7-11,14-19H2,1-6H3,(H,36,37)/t29-/m0/s1. The maximum absolute atomic E-state index is 12.6. The van der Waals surface area contributed by atoms with Crippen LogP contribution >= 0.6 is 0 Å². The van der Waals surface area contributed by atoms with E-state index in [9.17, 15) is 9.90 Å². The minimum Gasteiger partial charge on any atom is -0.490 e. The van der Waals surface area contributed by atoms with E-state index in [4.69, 9.17) is 19.2 Å². The van der Waals surface area contributed by atoms with Gasteiger partial charge in [0.2, 0.25) is 0 Å². The summed E-state index contributed by atoms with van der Waals surface area (Å²) in [5.74, 6) is -0.347. The largest absolute Gasteiger partial charge is 0.490 e. The number of nitrogens with zero attached hydrogens (tertiary/aromatic N) is 3. The summed E-state index contributed by atoms with van der Waals surface area (Å²) in [5.41, 5.74) is 3.22. The first-order valence-electron chi connectivity index (χ1n) is 14.8. The normalized spacial score (nSPS) is 18.9. The Kier molecular flexibility index (Phi) is 9.72. The number of anilines is 1. The average molecular weight is 554 g/mol. The van der Waals surface area contributed by atoms with Gasteiger partial charge in [0.1, 0.15) is 12.4 Å². The van der Waals surface area contributed by atoms with Crippen LogP contribution in [-0.4, -0.2) is 59.1 Å². The number of carboxylic acid groups (broad SMARTS) is 1. The molecule has 0 spiro atoms. The number of piperidine rings is 1. The zero-order valence-corrected chi connectivity index (χ0v) is 25.2. The van der Waals surface area contributed by atoms with E-state index < -0.39 is 17.7 Å². The highest BCUT2D eigenvalue weighted by Crippen LogP contribution is 2.43. The monoisotopic (exact) mass is 553 g/mol. The Labute approximate surface area is 239 Å². The number of ether oxygens (including phenoxy) is 3. The van der Waals surface area contributed by atoms with Crippen molar-refractivity contribution in [3.05, 3.63) is 35.8 Å². The Morgan fingerprint density at radius 2 is 1.77 bits per heavy atom. The van der Waals surface area contributed by atoms with Crippen LogP contribution in [0, 0.1) is 12.3 Å². The first kappa shape index (κ1) is 30.3. The number of aromatic nitrogens is 2. The van der Waals surface area contributed by atoms with Gasteiger partial charge in [-0.1, -0.05) is 33.1 Å². The molecule has 8 heteroatoms. The lowest BCUT2D eigenvalue weighted by Crippen LogP contribution is -2.39. The summed E-state index contributed by atoms with van der Waals surface area (Å²) in [4.78, 5) is 24.2. The minimum absolute atomic E-state index is 0.241. The fourth-order valence-electron chi connectivity index (χ4n) is 5.60. The fourth-order valence-corrected chi connectivity index (χ4v) is 5.60. The molecule has 1 saturated carbocycles. The van der Waals surface area contributed by atoms with Crippen molar-refractivity contribution in [2.24, 2.45) is 5.41 Å². The van der Waals surface area contributed by atoms with Crippen LogP contribution in [0.5, 0.6) is 5.75 Å². The summed E-state index contributed by atoms with van der Waals surface area (Å²) in [6.45, 7) is 14.7. The van der Waals surface area contributed by atoms with Gasteiger partial charge in [-0.3, -0.25) is 9.97 Å². The molecule has 220 valence electrons. The third kappa shape index (κ3) is 7.94. The van der Waals surface area contributed by atoms with E-state index >= 15 is 0 Å². The highest BCUT2D eigenvalue weighted by Gasteiger charge is 2.36. The molecule has 1 aliphatic heterocycles. The molecule has 3 heterocycles. The number of aliphatic carboxylic acids is 1. The molecule has 2 aliphatic rings. The molecule has 1 N–H and O–H groups in total. The van der Waals surface area contributed by atoms with Crippen LogP contribution in [0.3, 0.4) is 0 Å². The summed E-state index contributed by atoms with van der Waals surface area (Å²) < 4.78 is 18.0. The summed E-state index contributed by atoms with van der Waals surface area (Å²) >= 11 is 0. The molecule has 4 rings (SSSR count). The predicted molar refractivity (Wildman–Crippen MR) is 157 cm³/mol. The summed E-state index contributed by atoms with van der Waals surface area (Å²) in [7, 11) is 0. The molecule has 8 nitrogen and oxygen atoms in total. The maximum atomic E-state index is 12.6. The van der Waals surface area contributed by atoms with Crippen LogP contribution in [-0.2, 0) is 14.3 Å². The quantitative estimate of drug-likeness (QED) is 0.323. The predicted octanol–water partition coefficient (Wildman–Crippen LogP) is 6.75. The molecule has 0 bridgehead atoms. The Hall–Kier alpha value is -2.71. The molecule has 0 unspecified atom stereocenters. The van der Waals surface area contributed by atoms with Crippen molar-refractivity contribution >= 4 is 11.7 Å². The lowest BCUT2D eigenvalue weighted by molar-refractivity contribution is -0.160. The van der Waals surface area contributed by atoms with Gasteiger partial charge in [-0.05, 0) is 70.9 Å². The second-order valence-electron chi connectivity index (χ2n) is 13.0. The van der Waals surface area contributed by atoms with E-state index in [1.54, 1.807) is 6.20 Å². The molecule has 1 aliphatic carbocycles. The lowest BCUT2D eigenvalue weighted by atomic mass is 9.82. The van der Waals surface area contributed by atoms with Crippen LogP contribution in [0.15, 0.2) is 24.5 Å². The van der Waals surface area contributed by atoms with Gasteiger partial charge in [0, 0.05) is 36.1 Å². The van der Waals surface area contributed by atoms with Crippen molar-refractivity contribution in [3.8, 4) is 17.0 Å². The Morgan fingerprint density at radius 1 is 1.07 bits per heavy atom. The molecule has 2 aromatic heterocycles. The van der Waals surface area contributed by atoms with E-state index in [0.717, 1.165) is 55.7 Å². The number of rotatable bonds is 10. The zero-order chi connectivity index (χ0) is 28.9. The molecular formula is C32H47N3O5. The van der Waals surface area contributed by atoms with E-state index in [2.05, 4.69) is 23.7 Å². The molecule has 1 atom stereocenters. The summed E-state index contributed by atoms with van der Waals surface area (Å²) in [6.07, 6.45) is 10.8. The van der Waals surface area contributed by atoms with Gasteiger partial charge in [0.15, 0.2) is 6.10 Å². The van der Waals surface area contributed by atoms with Gasteiger partial charge >= 0.3 is 5.97 Å². The fraction of sp³-hybridized carbons (Fsp3) is 0.656. The van der Waals surface area contributed by atoms with Crippen molar-refractivity contribution in [3.63, 3.8) is 0 Å². The molecule has 0 aromatic carbocycles. The summed E-state index contributed by atoms with van der Waals surface area (Å²) in [5, 5.41) is 10.3. The van der Waals surface area contributed by atoms with E-state index in [-0.39, 0.29) is 5.41 Å². The number of pyridine rings is 2. The van der Waals surface area contributed by atoms with Crippen molar-refractivity contribution < 1.29 is 24.1 Å². The van der Waals surface area contributed by atoms with Gasteiger partial charge < -0.3 is 24.2 Å². The number of carboxylic acids is 1. The van der Waals surface area contributed by atoms with E-state index in [1.165, 1.54) is 19.3 Å². The average Bonchev–Trinajstić information content (AvgIpc) is 2.90. The highest BCUT2D eigenvalue weighted by atomic mass is 16.5. The van der Waals surface area contributed by atoms with Crippen LogP contribution in [0.4, 0.5) is 5.69 Å². The van der Waals surface area contributed by atoms with E-state index in [0.29, 0.717) is 36.3 Å². The maximum Gasteiger partial charge on any atom is 0.337 e. The molecule has 2 aromatic rings. The van der Waals surface area contributed by atoms with Crippen LogP contribution in [0.1, 0.15) is 96.9 Å². The van der Waals surface area contributed by atoms with Gasteiger partial charge in [0.25, 0.3) is 0 Å². The molecule has 0 amide bonds. The van der Waals surface area contributed by atoms with Crippen molar-refractivity contribution in [1.82, 2.24) is 9.97 Å². The van der Waals surface area contributed by atoms with Gasteiger partial charge in [-0.15, -0.1) is 0 Å². The van der Waals surface area contributed by atoms with Gasteiger partial charge in [0.05, 0.1) is 35.9 Å². The van der Waals surface area contributed by atoms with Crippen molar-refractivity contribution in [2.45, 2.75) is 104 Å². The highest BCUT2D eigenvalue weighted by molar-refractivity contribution is 5.85. The second-order valence-corrected chi connectivity index (χ2v) is 13.0. The number of hydrogen-bond donors (Lipinski definition) is 1.